The highest BCUT2D eigenvalue weighted by molar-refractivity contribution is 5.77. The van der Waals surface area contributed by atoms with Gasteiger partial charge in [0.25, 0.3) is 0 Å². The van der Waals surface area contributed by atoms with Crippen LogP contribution in [-0.4, -0.2) is 10.9 Å². The molecule has 0 bridgehead atoms. The second kappa shape index (κ2) is 4.50. The summed E-state index contributed by atoms with van der Waals surface area (Å²) in [5, 5.41) is 2.77. The summed E-state index contributed by atoms with van der Waals surface area (Å²) in [4.78, 5) is 14.4. The molecule has 0 aliphatic carbocycles. The largest absolute Gasteiger partial charge is 0.467 e. The third-order valence-corrected chi connectivity index (χ3v) is 2.05. The lowest BCUT2D eigenvalue weighted by atomic mass is 10.3. The molecule has 78 valence electrons. The van der Waals surface area contributed by atoms with Crippen LogP contribution in [0.15, 0.2) is 41.1 Å². The van der Waals surface area contributed by atoms with Gasteiger partial charge in [-0.2, -0.15) is 0 Å². The number of nitrogens with one attached hydrogen (secondary N) is 2. The lowest BCUT2D eigenvalue weighted by molar-refractivity contribution is -0.120. The summed E-state index contributed by atoms with van der Waals surface area (Å²) in [7, 11) is 0. The molecule has 0 saturated heterocycles. The Bertz CT molecular complexity index is 404. The van der Waals surface area contributed by atoms with Gasteiger partial charge in [-0.25, -0.2) is 0 Å². The van der Waals surface area contributed by atoms with Crippen molar-refractivity contribution in [1.82, 2.24) is 10.3 Å². The molecule has 4 nitrogen and oxygen atoms in total. The number of carbonyl (C=O) groups excluding carboxylic acids is 1. The van der Waals surface area contributed by atoms with Crippen molar-refractivity contribution in [2.45, 2.75) is 13.0 Å². The van der Waals surface area contributed by atoms with E-state index in [2.05, 4.69) is 10.3 Å². The number of carbonyl (C=O) groups is 1. The summed E-state index contributed by atoms with van der Waals surface area (Å²) >= 11 is 0. The Labute approximate surface area is 87.3 Å². The highest BCUT2D eigenvalue weighted by atomic mass is 16.3. The molecule has 2 N–H and O–H groups in total. The average Bonchev–Trinajstić information content (AvgIpc) is 2.86. The van der Waals surface area contributed by atoms with E-state index in [1.807, 2.05) is 18.2 Å². The molecular formula is C11H12N2O2. The maximum absolute atomic E-state index is 11.4. The summed E-state index contributed by atoms with van der Waals surface area (Å²) in [6, 6.07) is 7.38. The van der Waals surface area contributed by atoms with Crippen molar-refractivity contribution in [3.05, 3.63) is 48.2 Å². The van der Waals surface area contributed by atoms with Gasteiger partial charge in [0.15, 0.2) is 0 Å². The average molecular weight is 204 g/mol. The van der Waals surface area contributed by atoms with Crippen LogP contribution in [0.5, 0.6) is 0 Å². The summed E-state index contributed by atoms with van der Waals surface area (Å²) in [5.74, 6) is 0.740. The van der Waals surface area contributed by atoms with Gasteiger partial charge in [0, 0.05) is 11.9 Å². The molecule has 0 aliphatic rings. The van der Waals surface area contributed by atoms with E-state index in [4.69, 9.17) is 4.42 Å². The van der Waals surface area contributed by atoms with Crippen LogP contribution in [0.4, 0.5) is 0 Å². The van der Waals surface area contributed by atoms with E-state index >= 15 is 0 Å². The minimum atomic E-state index is -0.0196. The lowest BCUT2D eigenvalue weighted by Crippen LogP contribution is -2.24. The first-order valence-electron chi connectivity index (χ1n) is 4.76. The van der Waals surface area contributed by atoms with Crippen LogP contribution in [-0.2, 0) is 17.8 Å². The van der Waals surface area contributed by atoms with Gasteiger partial charge >= 0.3 is 0 Å². The molecule has 0 atom stereocenters. The molecular weight excluding hydrogens is 192 g/mol. The summed E-state index contributed by atoms with van der Waals surface area (Å²) < 4.78 is 5.10. The fourth-order valence-corrected chi connectivity index (χ4v) is 1.31. The van der Waals surface area contributed by atoms with E-state index in [1.54, 1.807) is 18.5 Å². The van der Waals surface area contributed by atoms with E-state index in [1.165, 1.54) is 0 Å². The maximum atomic E-state index is 11.4. The van der Waals surface area contributed by atoms with Gasteiger partial charge in [-0.05, 0) is 24.3 Å². The smallest absolute Gasteiger partial charge is 0.226 e. The predicted octanol–water partition coefficient (Wildman–Crippen LogP) is 1.47. The summed E-state index contributed by atoms with van der Waals surface area (Å²) in [6.45, 7) is 0.437. The zero-order valence-corrected chi connectivity index (χ0v) is 8.19. The van der Waals surface area contributed by atoms with Crippen molar-refractivity contribution in [1.29, 1.82) is 0 Å². The molecule has 0 saturated carbocycles. The normalized spacial score (nSPS) is 10.1. The van der Waals surface area contributed by atoms with Crippen LogP contribution in [0.2, 0.25) is 0 Å². The van der Waals surface area contributed by atoms with E-state index < -0.39 is 0 Å². The Morgan fingerprint density at radius 3 is 3.00 bits per heavy atom. The number of amides is 1. The molecule has 2 aromatic heterocycles. The molecule has 2 aromatic rings. The Kier molecular flexibility index (Phi) is 2.88. The first kappa shape index (κ1) is 9.58. The van der Waals surface area contributed by atoms with Crippen LogP contribution in [0.1, 0.15) is 11.5 Å². The maximum Gasteiger partial charge on any atom is 0.226 e. The van der Waals surface area contributed by atoms with Gasteiger partial charge in [0.05, 0.1) is 19.2 Å². The summed E-state index contributed by atoms with van der Waals surface area (Å²) in [5.41, 5.74) is 0.909. The third kappa shape index (κ3) is 2.74. The van der Waals surface area contributed by atoms with Crippen LogP contribution in [0.25, 0.3) is 0 Å². The van der Waals surface area contributed by atoms with Crippen molar-refractivity contribution in [2.75, 3.05) is 0 Å². The predicted molar refractivity (Wildman–Crippen MR) is 55.1 cm³/mol. The van der Waals surface area contributed by atoms with E-state index in [9.17, 15) is 4.79 Å². The second-order valence-electron chi connectivity index (χ2n) is 3.23. The quantitative estimate of drug-likeness (QED) is 0.792. The molecule has 0 fully saturated rings. The topological polar surface area (TPSA) is 58.0 Å². The van der Waals surface area contributed by atoms with Crippen LogP contribution in [0.3, 0.4) is 0 Å². The number of aromatic nitrogens is 1. The highest BCUT2D eigenvalue weighted by Gasteiger charge is 2.04. The molecule has 0 radical (unpaired) electrons. The van der Waals surface area contributed by atoms with E-state index in [0.29, 0.717) is 13.0 Å². The Balaban J connectivity index is 1.78. The van der Waals surface area contributed by atoms with Crippen molar-refractivity contribution in [2.24, 2.45) is 0 Å². The second-order valence-corrected chi connectivity index (χ2v) is 3.23. The number of rotatable bonds is 4. The molecule has 2 rings (SSSR count). The van der Waals surface area contributed by atoms with Crippen LogP contribution < -0.4 is 5.32 Å². The van der Waals surface area contributed by atoms with Gasteiger partial charge in [-0.1, -0.05) is 0 Å². The fourth-order valence-electron chi connectivity index (χ4n) is 1.31. The van der Waals surface area contributed by atoms with Gasteiger partial charge in [-0.15, -0.1) is 0 Å². The monoisotopic (exact) mass is 204 g/mol. The molecule has 2 heterocycles. The van der Waals surface area contributed by atoms with Crippen molar-refractivity contribution < 1.29 is 9.21 Å². The Morgan fingerprint density at radius 2 is 2.33 bits per heavy atom. The number of H-pyrrole nitrogens is 1. The van der Waals surface area contributed by atoms with Gasteiger partial charge in [0.2, 0.25) is 5.91 Å². The molecule has 0 aromatic carbocycles. The fraction of sp³-hybridized carbons (Fsp3) is 0.182. The van der Waals surface area contributed by atoms with Gasteiger partial charge in [0.1, 0.15) is 5.76 Å². The Hall–Kier alpha value is -1.97. The Morgan fingerprint density at radius 1 is 1.40 bits per heavy atom. The number of furan rings is 1. The minimum absolute atomic E-state index is 0.0196. The molecule has 0 aliphatic heterocycles. The van der Waals surface area contributed by atoms with E-state index in [0.717, 1.165) is 11.5 Å². The van der Waals surface area contributed by atoms with Crippen LogP contribution in [0, 0.1) is 0 Å². The molecule has 15 heavy (non-hydrogen) atoms. The highest BCUT2D eigenvalue weighted by Crippen LogP contribution is 1.99. The van der Waals surface area contributed by atoms with E-state index in [-0.39, 0.29) is 5.91 Å². The third-order valence-electron chi connectivity index (χ3n) is 2.05. The van der Waals surface area contributed by atoms with Gasteiger partial charge in [-0.3, -0.25) is 4.79 Å². The SMILES string of the molecule is O=C(Cc1ccc[nH]1)NCc1ccco1. The van der Waals surface area contributed by atoms with Gasteiger partial charge < -0.3 is 14.7 Å². The summed E-state index contributed by atoms with van der Waals surface area (Å²) in [6.07, 6.45) is 3.76. The van der Waals surface area contributed by atoms with Crippen LogP contribution >= 0.6 is 0 Å². The number of hydrogen-bond donors (Lipinski definition) is 2. The minimum Gasteiger partial charge on any atom is -0.467 e. The zero-order chi connectivity index (χ0) is 10.5. The van der Waals surface area contributed by atoms with Crippen molar-refractivity contribution in [3.63, 3.8) is 0 Å². The van der Waals surface area contributed by atoms with Crippen molar-refractivity contribution in [3.8, 4) is 0 Å². The number of hydrogen-bond acceptors (Lipinski definition) is 2. The zero-order valence-electron chi connectivity index (χ0n) is 8.19. The standard InChI is InChI=1S/C11H12N2O2/c14-11(7-9-3-1-5-12-9)13-8-10-4-2-6-15-10/h1-6,12H,7-8H2,(H,13,14). The first-order valence-corrected chi connectivity index (χ1v) is 4.76. The lowest BCUT2D eigenvalue weighted by Gasteiger charge is -2.01. The molecule has 0 unspecified atom stereocenters. The van der Waals surface area contributed by atoms with Crippen molar-refractivity contribution >= 4 is 5.91 Å². The molecule has 4 heteroatoms. The first-order chi connectivity index (χ1) is 7.34. The number of aromatic amines is 1. The molecule has 0 spiro atoms. The molecule has 1 amide bonds.